The fourth-order valence-electron chi connectivity index (χ4n) is 2.84. The van der Waals surface area contributed by atoms with Crippen molar-refractivity contribution in [3.8, 4) is 5.75 Å². The van der Waals surface area contributed by atoms with Crippen molar-refractivity contribution in [1.29, 1.82) is 0 Å². The van der Waals surface area contributed by atoms with Crippen LogP contribution >= 0.6 is 0 Å². The highest BCUT2D eigenvalue weighted by molar-refractivity contribution is 5.87. The van der Waals surface area contributed by atoms with Crippen molar-refractivity contribution in [1.82, 2.24) is 10.2 Å². The van der Waals surface area contributed by atoms with Gasteiger partial charge in [0.1, 0.15) is 5.75 Å². The Morgan fingerprint density at radius 1 is 1.00 bits per heavy atom. The molecule has 0 aliphatic carbocycles. The van der Waals surface area contributed by atoms with Gasteiger partial charge in [0, 0.05) is 25.2 Å². The van der Waals surface area contributed by atoms with E-state index in [1.165, 1.54) is 16.3 Å². The van der Waals surface area contributed by atoms with Crippen LogP contribution in [0.2, 0.25) is 0 Å². The molecule has 0 fully saturated rings. The monoisotopic (exact) mass is 314 g/mol. The van der Waals surface area contributed by atoms with Crippen LogP contribution < -0.4 is 10.1 Å². The lowest BCUT2D eigenvalue weighted by atomic mass is 10.0. The van der Waals surface area contributed by atoms with Crippen molar-refractivity contribution in [2.24, 2.45) is 0 Å². The van der Waals surface area contributed by atoms with Crippen molar-refractivity contribution in [2.45, 2.75) is 33.7 Å². The predicted octanol–water partition coefficient (Wildman–Crippen LogP) is 4.06. The normalized spacial score (nSPS) is 11.3. The van der Waals surface area contributed by atoms with E-state index >= 15 is 0 Å². The van der Waals surface area contributed by atoms with Gasteiger partial charge in [-0.25, -0.2) is 0 Å². The number of benzene rings is 2. The Morgan fingerprint density at radius 2 is 1.78 bits per heavy atom. The predicted molar refractivity (Wildman–Crippen MR) is 99.2 cm³/mol. The highest BCUT2D eigenvalue weighted by Gasteiger charge is 2.09. The highest BCUT2D eigenvalue weighted by atomic mass is 16.5. The Balaban J connectivity index is 2.09. The van der Waals surface area contributed by atoms with Gasteiger partial charge < -0.3 is 15.0 Å². The van der Waals surface area contributed by atoms with Crippen LogP contribution in [0.1, 0.15) is 32.8 Å². The Kier molecular flexibility index (Phi) is 7.37. The second-order valence-corrected chi connectivity index (χ2v) is 5.82. The van der Waals surface area contributed by atoms with Crippen LogP contribution in [0.4, 0.5) is 0 Å². The fourth-order valence-corrected chi connectivity index (χ4v) is 2.84. The molecule has 0 saturated carbocycles. The summed E-state index contributed by atoms with van der Waals surface area (Å²) in [6, 6.07) is 12.8. The molecule has 0 spiro atoms. The van der Waals surface area contributed by atoms with E-state index in [-0.39, 0.29) is 0 Å². The van der Waals surface area contributed by atoms with Crippen LogP contribution in [-0.4, -0.2) is 37.7 Å². The fraction of sp³-hybridized carbons (Fsp3) is 0.500. The summed E-state index contributed by atoms with van der Waals surface area (Å²) in [6.07, 6.45) is 1.03. The van der Waals surface area contributed by atoms with E-state index in [1.807, 2.05) is 0 Å². The third kappa shape index (κ3) is 4.95. The quantitative estimate of drug-likeness (QED) is 0.669. The minimum Gasteiger partial charge on any atom is -0.493 e. The highest BCUT2D eigenvalue weighted by Crippen LogP contribution is 2.28. The number of nitrogens with zero attached hydrogens (tertiary/aromatic N) is 1. The first-order valence-electron chi connectivity index (χ1n) is 8.86. The molecule has 2 aromatic rings. The van der Waals surface area contributed by atoms with Crippen molar-refractivity contribution < 1.29 is 4.74 Å². The van der Waals surface area contributed by atoms with Gasteiger partial charge >= 0.3 is 0 Å². The molecular formula is C20H30N2O. The maximum Gasteiger partial charge on any atom is 0.124 e. The van der Waals surface area contributed by atoms with E-state index < -0.39 is 0 Å². The van der Waals surface area contributed by atoms with Crippen LogP contribution in [0.3, 0.4) is 0 Å². The third-order valence-electron chi connectivity index (χ3n) is 4.26. The minimum absolute atomic E-state index is 0.769. The number of likely N-dealkylation sites (N-methyl/N-ethyl adjacent to an activating group) is 1. The van der Waals surface area contributed by atoms with E-state index in [0.717, 1.165) is 51.5 Å². The maximum atomic E-state index is 5.96. The minimum atomic E-state index is 0.769. The Hall–Kier alpha value is -1.58. The van der Waals surface area contributed by atoms with Gasteiger partial charge in [-0.15, -0.1) is 0 Å². The Bertz CT molecular complexity index is 593. The zero-order chi connectivity index (χ0) is 16.5. The van der Waals surface area contributed by atoms with Gasteiger partial charge in [-0.1, -0.05) is 51.1 Å². The molecule has 0 aliphatic rings. The SMILES string of the molecule is CCCOc1ccc2ccccc2c1CNCCN(CC)CC. The zero-order valence-corrected chi connectivity index (χ0v) is 14.8. The second-order valence-electron chi connectivity index (χ2n) is 5.82. The molecule has 3 heteroatoms. The molecule has 3 nitrogen and oxygen atoms in total. The van der Waals surface area contributed by atoms with E-state index in [1.54, 1.807) is 0 Å². The Labute approximate surface area is 140 Å². The van der Waals surface area contributed by atoms with Gasteiger partial charge in [0.15, 0.2) is 0 Å². The van der Waals surface area contributed by atoms with Crippen LogP contribution in [0.5, 0.6) is 5.75 Å². The molecule has 0 aromatic heterocycles. The van der Waals surface area contributed by atoms with E-state index in [0.29, 0.717) is 0 Å². The third-order valence-corrected chi connectivity index (χ3v) is 4.26. The summed E-state index contributed by atoms with van der Waals surface area (Å²) in [5.74, 6) is 1.01. The lowest BCUT2D eigenvalue weighted by molar-refractivity contribution is 0.299. The molecule has 126 valence electrons. The second kappa shape index (κ2) is 9.53. The first kappa shape index (κ1) is 17.8. The van der Waals surface area contributed by atoms with Crippen LogP contribution in [-0.2, 0) is 6.54 Å². The molecule has 23 heavy (non-hydrogen) atoms. The zero-order valence-electron chi connectivity index (χ0n) is 14.8. The van der Waals surface area contributed by atoms with Gasteiger partial charge in [0.2, 0.25) is 0 Å². The largest absolute Gasteiger partial charge is 0.493 e. The summed E-state index contributed by atoms with van der Waals surface area (Å²) in [6.45, 7) is 12.5. The van der Waals surface area contributed by atoms with E-state index in [2.05, 4.69) is 67.4 Å². The smallest absolute Gasteiger partial charge is 0.124 e. The summed E-state index contributed by atoms with van der Waals surface area (Å²) in [4.78, 5) is 2.44. The van der Waals surface area contributed by atoms with Crippen LogP contribution in [0, 0.1) is 0 Å². The average molecular weight is 314 g/mol. The standard InChI is InChI=1S/C20H30N2O/c1-4-15-23-20-12-11-17-9-7-8-10-18(17)19(20)16-21-13-14-22(5-2)6-3/h7-12,21H,4-6,13-16H2,1-3H3. The topological polar surface area (TPSA) is 24.5 Å². The summed E-state index contributed by atoms with van der Waals surface area (Å²) in [5.41, 5.74) is 1.27. The molecule has 2 rings (SSSR count). The van der Waals surface area contributed by atoms with Crippen LogP contribution in [0.15, 0.2) is 36.4 Å². The number of ether oxygens (including phenoxy) is 1. The molecule has 0 amide bonds. The summed E-state index contributed by atoms with van der Waals surface area (Å²) in [7, 11) is 0. The molecule has 0 saturated heterocycles. The van der Waals surface area contributed by atoms with Crippen molar-refractivity contribution >= 4 is 10.8 Å². The number of hydrogen-bond donors (Lipinski definition) is 1. The summed E-state index contributed by atoms with van der Waals surface area (Å²) < 4.78 is 5.96. The molecule has 2 aromatic carbocycles. The number of fused-ring (bicyclic) bond motifs is 1. The van der Waals surface area contributed by atoms with Gasteiger partial charge in [-0.2, -0.15) is 0 Å². The molecule has 0 radical (unpaired) electrons. The lowest BCUT2D eigenvalue weighted by Gasteiger charge is -2.19. The first-order chi connectivity index (χ1) is 11.3. The average Bonchev–Trinajstić information content (AvgIpc) is 2.60. The molecular weight excluding hydrogens is 284 g/mol. The van der Waals surface area contributed by atoms with Gasteiger partial charge in [-0.3, -0.25) is 0 Å². The molecule has 0 atom stereocenters. The molecule has 1 N–H and O–H groups in total. The summed E-state index contributed by atoms with van der Waals surface area (Å²) in [5, 5.41) is 6.15. The van der Waals surface area contributed by atoms with E-state index in [9.17, 15) is 0 Å². The number of hydrogen-bond acceptors (Lipinski definition) is 3. The van der Waals surface area contributed by atoms with Gasteiger partial charge in [0.25, 0.3) is 0 Å². The van der Waals surface area contributed by atoms with Crippen molar-refractivity contribution in [2.75, 3.05) is 32.8 Å². The lowest BCUT2D eigenvalue weighted by Crippen LogP contribution is -2.31. The van der Waals surface area contributed by atoms with Crippen LogP contribution in [0.25, 0.3) is 10.8 Å². The van der Waals surface area contributed by atoms with Gasteiger partial charge in [0.05, 0.1) is 6.61 Å². The van der Waals surface area contributed by atoms with E-state index in [4.69, 9.17) is 4.74 Å². The van der Waals surface area contributed by atoms with Crippen molar-refractivity contribution in [3.05, 3.63) is 42.0 Å². The first-order valence-corrected chi connectivity index (χ1v) is 8.86. The number of rotatable bonds is 10. The maximum absolute atomic E-state index is 5.96. The Morgan fingerprint density at radius 3 is 2.52 bits per heavy atom. The molecule has 0 unspecified atom stereocenters. The number of nitrogens with one attached hydrogen (secondary N) is 1. The van der Waals surface area contributed by atoms with Crippen molar-refractivity contribution in [3.63, 3.8) is 0 Å². The summed E-state index contributed by atoms with van der Waals surface area (Å²) >= 11 is 0. The molecule has 0 heterocycles. The van der Waals surface area contributed by atoms with Gasteiger partial charge in [-0.05, 0) is 36.3 Å². The molecule has 0 bridgehead atoms. The molecule has 0 aliphatic heterocycles.